The van der Waals surface area contributed by atoms with Crippen molar-refractivity contribution in [2.24, 2.45) is 0 Å². The summed E-state index contributed by atoms with van der Waals surface area (Å²) in [4.78, 5) is 0. The molecule has 0 amide bonds. The fraction of sp³-hybridized carbons (Fsp3) is 1.00. The van der Waals surface area contributed by atoms with Crippen LogP contribution in [0.1, 0.15) is 59.8 Å². The Labute approximate surface area is 118 Å². The lowest BCUT2D eigenvalue weighted by molar-refractivity contribution is -0.0281. The van der Waals surface area contributed by atoms with Crippen LogP contribution in [0.4, 0.5) is 0 Å². The van der Waals surface area contributed by atoms with Gasteiger partial charge >= 0.3 is 7.12 Å². The van der Waals surface area contributed by atoms with Crippen LogP contribution in [0.3, 0.4) is 0 Å². The quantitative estimate of drug-likeness (QED) is 0.482. The molecule has 106 valence electrons. The molecule has 0 aromatic heterocycles. The maximum Gasteiger partial charge on any atom is 0.458 e. The molecule has 1 saturated heterocycles. The first kappa shape index (κ1) is 16.4. The molecule has 1 fully saturated rings. The lowest BCUT2D eigenvalue weighted by Gasteiger charge is -2.38. The van der Waals surface area contributed by atoms with Crippen LogP contribution in [-0.4, -0.2) is 30.3 Å². The summed E-state index contributed by atoms with van der Waals surface area (Å²) < 4.78 is 11.8. The van der Waals surface area contributed by atoms with Crippen molar-refractivity contribution >= 4 is 18.9 Å². The van der Waals surface area contributed by atoms with E-state index in [-0.39, 0.29) is 12.7 Å². The summed E-state index contributed by atoms with van der Waals surface area (Å²) in [5.74, 6) is 2.44. The van der Waals surface area contributed by atoms with E-state index in [1.54, 1.807) is 0 Å². The second-order valence-electron chi connectivity index (χ2n) is 5.92. The molecule has 0 aromatic rings. The molecule has 18 heavy (non-hydrogen) atoms. The second-order valence-corrected chi connectivity index (χ2v) is 7.14. The molecule has 2 nitrogen and oxygen atoms in total. The predicted octanol–water partition coefficient (Wildman–Crippen LogP) is 4.39. The van der Waals surface area contributed by atoms with Crippen LogP contribution >= 0.6 is 11.8 Å². The Kier molecular flexibility index (Phi) is 7.73. The smallest absolute Gasteiger partial charge is 0.409 e. The molecular weight excluding hydrogens is 243 g/mol. The summed E-state index contributed by atoms with van der Waals surface area (Å²) in [7, 11) is 0.00638. The molecule has 0 aromatic carbocycles. The van der Waals surface area contributed by atoms with Crippen molar-refractivity contribution in [2.45, 2.75) is 77.8 Å². The normalized spacial score (nSPS) is 23.3. The molecule has 0 aliphatic carbocycles. The lowest BCUT2D eigenvalue weighted by Crippen LogP contribution is -2.45. The summed E-state index contributed by atoms with van der Waals surface area (Å²) in [5, 5.41) is 0. The van der Waals surface area contributed by atoms with Gasteiger partial charge in [0.1, 0.15) is 0 Å². The maximum atomic E-state index is 5.95. The Morgan fingerprint density at radius 1 is 1.22 bits per heavy atom. The van der Waals surface area contributed by atoms with Crippen molar-refractivity contribution in [2.75, 3.05) is 11.5 Å². The molecular formula is C14H29BO2S. The highest BCUT2D eigenvalue weighted by atomic mass is 32.2. The average molecular weight is 272 g/mol. The maximum absolute atomic E-state index is 5.95. The molecule has 4 heteroatoms. The monoisotopic (exact) mass is 272 g/mol. The van der Waals surface area contributed by atoms with Crippen molar-refractivity contribution in [1.29, 1.82) is 0 Å². The van der Waals surface area contributed by atoms with E-state index in [1.165, 1.54) is 31.4 Å². The summed E-state index contributed by atoms with van der Waals surface area (Å²) in [6.45, 7) is 8.73. The van der Waals surface area contributed by atoms with Gasteiger partial charge in [0.05, 0.1) is 5.60 Å². The highest BCUT2D eigenvalue weighted by Crippen LogP contribution is 2.27. The zero-order chi connectivity index (χ0) is 13.4. The second kappa shape index (κ2) is 8.49. The topological polar surface area (TPSA) is 18.5 Å². The van der Waals surface area contributed by atoms with Gasteiger partial charge in [-0.2, -0.15) is 11.8 Å². The van der Waals surface area contributed by atoms with Gasteiger partial charge in [-0.1, -0.05) is 26.2 Å². The fourth-order valence-corrected chi connectivity index (χ4v) is 3.44. The first-order valence-corrected chi connectivity index (χ1v) is 8.60. The van der Waals surface area contributed by atoms with Crippen LogP contribution in [0, 0.1) is 0 Å². The van der Waals surface area contributed by atoms with Gasteiger partial charge in [0.25, 0.3) is 0 Å². The molecule has 0 radical (unpaired) electrons. The molecule has 0 bridgehead atoms. The minimum Gasteiger partial charge on any atom is -0.409 e. The van der Waals surface area contributed by atoms with E-state index in [0.29, 0.717) is 6.10 Å². The first-order valence-electron chi connectivity index (χ1n) is 7.44. The van der Waals surface area contributed by atoms with Gasteiger partial charge in [-0.05, 0) is 51.4 Å². The number of hydrogen-bond donors (Lipinski definition) is 0. The van der Waals surface area contributed by atoms with Crippen LogP contribution in [0.2, 0.25) is 6.32 Å². The third kappa shape index (κ3) is 7.05. The predicted molar refractivity (Wildman–Crippen MR) is 82.4 cm³/mol. The Hall–Kier alpha value is 0.335. The zero-order valence-corrected chi connectivity index (χ0v) is 13.4. The zero-order valence-electron chi connectivity index (χ0n) is 12.5. The van der Waals surface area contributed by atoms with Crippen LogP contribution in [0.15, 0.2) is 0 Å². The highest BCUT2D eigenvalue weighted by molar-refractivity contribution is 7.99. The van der Waals surface area contributed by atoms with E-state index in [9.17, 15) is 0 Å². The molecule has 0 spiro atoms. The lowest BCUT2D eigenvalue weighted by atomic mass is 9.80. The van der Waals surface area contributed by atoms with Crippen LogP contribution in [-0.2, 0) is 9.31 Å². The van der Waals surface area contributed by atoms with E-state index < -0.39 is 0 Å². The number of rotatable bonds is 8. The van der Waals surface area contributed by atoms with Crippen LogP contribution < -0.4 is 0 Å². The Balaban J connectivity index is 2.04. The largest absolute Gasteiger partial charge is 0.458 e. The molecule has 1 aliphatic rings. The van der Waals surface area contributed by atoms with E-state index in [2.05, 4.69) is 27.7 Å². The van der Waals surface area contributed by atoms with Gasteiger partial charge in [0, 0.05) is 6.10 Å². The number of thioether (sulfide) groups is 1. The Bertz CT molecular complexity index is 224. The molecule has 1 heterocycles. The summed E-state index contributed by atoms with van der Waals surface area (Å²) in [6, 6.07) is 0. The van der Waals surface area contributed by atoms with Crippen molar-refractivity contribution in [3.8, 4) is 0 Å². The summed E-state index contributed by atoms with van der Waals surface area (Å²) in [6.07, 6.45) is 7.77. The highest BCUT2D eigenvalue weighted by Gasteiger charge is 2.36. The molecule has 1 atom stereocenters. The molecule has 1 aliphatic heterocycles. The van der Waals surface area contributed by atoms with Gasteiger partial charge in [0.2, 0.25) is 0 Å². The molecule has 0 saturated carbocycles. The third-order valence-corrected chi connectivity index (χ3v) is 4.36. The molecule has 1 rings (SSSR count). The number of unbranched alkanes of at least 4 members (excludes halogenated alkanes) is 3. The van der Waals surface area contributed by atoms with Crippen LogP contribution in [0.25, 0.3) is 0 Å². The Morgan fingerprint density at radius 2 is 2.00 bits per heavy atom. The van der Waals surface area contributed by atoms with Gasteiger partial charge in [-0.15, -0.1) is 0 Å². The van der Waals surface area contributed by atoms with Crippen molar-refractivity contribution in [3.05, 3.63) is 0 Å². The SMILES string of the molecule is CCCCCCSCCB1OC(C)CC(C)(C)O1. The van der Waals surface area contributed by atoms with Crippen molar-refractivity contribution in [3.63, 3.8) is 0 Å². The summed E-state index contributed by atoms with van der Waals surface area (Å²) in [5.41, 5.74) is -0.0197. The standard InChI is InChI=1S/C14H29BO2S/c1-5-6-7-8-10-18-11-9-15-16-13(2)12-14(3,4)17-15/h13H,5-12H2,1-4H3. The van der Waals surface area contributed by atoms with Crippen molar-refractivity contribution in [1.82, 2.24) is 0 Å². The van der Waals surface area contributed by atoms with Gasteiger partial charge in [-0.25, -0.2) is 0 Å². The van der Waals surface area contributed by atoms with Gasteiger partial charge in [-0.3, -0.25) is 0 Å². The first-order chi connectivity index (χ1) is 8.53. The number of hydrogen-bond acceptors (Lipinski definition) is 3. The average Bonchev–Trinajstić information content (AvgIpc) is 2.25. The van der Waals surface area contributed by atoms with Gasteiger partial charge in [0.15, 0.2) is 0 Å². The van der Waals surface area contributed by atoms with Crippen molar-refractivity contribution < 1.29 is 9.31 Å². The fourth-order valence-electron chi connectivity index (χ4n) is 2.47. The third-order valence-electron chi connectivity index (χ3n) is 3.25. The minimum absolute atomic E-state index is 0.00638. The van der Waals surface area contributed by atoms with E-state index in [0.717, 1.165) is 18.5 Å². The van der Waals surface area contributed by atoms with Gasteiger partial charge < -0.3 is 9.31 Å². The van der Waals surface area contributed by atoms with E-state index in [1.807, 2.05) is 11.8 Å². The Morgan fingerprint density at radius 3 is 2.67 bits per heavy atom. The van der Waals surface area contributed by atoms with E-state index in [4.69, 9.17) is 9.31 Å². The van der Waals surface area contributed by atoms with E-state index >= 15 is 0 Å². The summed E-state index contributed by atoms with van der Waals surface area (Å²) >= 11 is 2.04. The minimum atomic E-state index is -0.0197. The molecule has 1 unspecified atom stereocenters. The van der Waals surface area contributed by atoms with Crippen LogP contribution in [0.5, 0.6) is 0 Å². The molecule has 0 N–H and O–H groups in total.